The third-order valence-electron chi connectivity index (χ3n) is 25.2. The third-order valence-corrected chi connectivity index (χ3v) is 25.2. The number of nitrogens with zero attached hydrogens (tertiary/aromatic N) is 4. The first-order valence-corrected chi connectivity index (χ1v) is 39.7. The number of ether oxygens (including phenoxy) is 2. The van der Waals surface area contributed by atoms with Crippen molar-refractivity contribution < 1.29 is 9.47 Å². The summed E-state index contributed by atoms with van der Waals surface area (Å²) in [5.41, 5.74) is 30.9. The van der Waals surface area contributed by atoms with Gasteiger partial charge in [0, 0.05) is 56.3 Å². The summed E-state index contributed by atoms with van der Waals surface area (Å²) >= 11 is 0. The van der Waals surface area contributed by atoms with Crippen LogP contribution in [0, 0.1) is 17.8 Å². The minimum atomic E-state index is -0.662. The molecule has 7 aliphatic rings. The summed E-state index contributed by atoms with van der Waals surface area (Å²) in [5, 5.41) is 2.40. The summed E-state index contributed by atoms with van der Waals surface area (Å²) in [4.78, 5) is 22.0. The van der Waals surface area contributed by atoms with Gasteiger partial charge >= 0.3 is 0 Å². The first kappa shape index (κ1) is 66.3. The van der Waals surface area contributed by atoms with Crippen molar-refractivity contribution in [2.75, 3.05) is 0 Å². The Hall–Kier alpha value is -13.7. The van der Waals surface area contributed by atoms with E-state index in [-0.39, 0.29) is 23.8 Å². The van der Waals surface area contributed by atoms with Crippen LogP contribution in [0.5, 0.6) is 23.0 Å². The Bertz CT molecular complexity index is 6630. The molecule has 113 heavy (non-hydrogen) atoms. The predicted molar refractivity (Wildman–Crippen MR) is 460 cm³/mol. The molecule has 0 bridgehead atoms. The van der Waals surface area contributed by atoms with E-state index in [1.807, 2.05) is 6.07 Å². The second kappa shape index (κ2) is 26.3. The van der Waals surface area contributed by atoms with E-state index in [4.69, 9.17) is 29.4 Å². The van der Waals surface area contributed by atoms with Gasteiger partial charge in [0.1, 0.15) is 23.0 Å². The predicted octanol–water partition coefficient (Wildman–Crippen LogP) is 26.2. The first-order chi connectivity index (χ1) is 55.7. The zero-order valence-corrected chi connectivity index (χ0v) is 62.8. The van der Waals surface area contributed by atoms with Crippen LogP contribution in [0.3, 0.4) is 0 Å². The Morgan fingerprint density at radius 3 is 1.60 bits per heavy atom. The summed E-state index contributed by atoms with van der Waals surface area (Å²) in [6.07, 6.45) is 12.9. The van der Waals surface area contributed by atoms with Crippen molar-refractivity contribution in [2.24, 2.45) is 27.7 Å². The van der Waals surface area contributed by atoms with Crippen molar-refractivity contribution in [3.05, 3.63) is 442 Å². The molecule has 6 heteroatoms. The van der Waals surface area contributed by atoms with Crippen LogP contribution < -0.4 is 9.47 Å². The zero-order valence-electron chi connectivity index (χ0n) is 62.8. The molecule has 14 aromatic carbocycles. The number of aromatic nitrogens is 2. The fourth-order valence-corrected chi connectivity index (χ4v) is 20.1. The van der Waals surface area contributed by atoms with Crippen molar-refractivity contribution in [1.29, 1.82) is 0 Å². The Kier molecular flexibility index (Phi) is 15.4. The SMILES string of the molecule is CC1C=CC2=C(C1)C1(c3ccccc3Oc3ccc(-c4ccccc4C4N=C(c5ccccc5)N=C(c5ccc6ccccc6c5)C4C)cc31)c1cccc(C3C=CC=C(c4ccc(-c5cc(-c6ccccc6-c6ccc7c(c6)C6(c8ccccc8O7)c7ccccc7-c7ccccc76)nc(-c6ccccc6)n5)cc4)C3C)c12. The summed E-state index contributed by atoms with van der Waals surface area (Å²) in [7, 11) is 0. The lowest BCUT2D eigenvalue weighted by molar-refractivity contribution is 0.429. The molecule has 0 saturated heterocycles. The van der Waals surface area contributed by atoms with Gasteiger partial charge < -0.3 is 9.47 Å². The molecule has 536 valence electrons. The normalized spacial score (nSPS) is 19.5. The fourth-order valence-electron chi connectivity index (χ4n) is 20.1. The van der Waals surface area contributed by atoms with Gasteiger partial charge in [0.05, 0.1) is 34.0 Å². The fraction of sp³-hybridized carbons (Fsp3) is 0.103. The summed E-state index contributed by atoms with van der Waals surface area (Å²) in [5.74, 6) is 5.34. The van der Waals surface area contributed by atoms with E-state index in [2.05, 4.69) is 379 Å². The molecule has 0 N–H and O–H groups in total. The monoisotopic (exact) mass is 1450 g/mol. The molecule has 0 radical (unpaired) electrons. The van der Waals surface area contributed by atoms with Crippen LogP contribution in [0.25, 0.3) is 89.2 Å². The minimum Gasteiger partial charge on any atom is -0.457 e. The van der Waals surface area contributed by atoms with Gasteiger partial charge in [-0.1, -0.05) is 336 Å². The maximum atomic E-state index is 7.18. The van der Waals surface area contributed by atoms with Gasteiger partial charge in [-0.3, -0.25) is 4.99 Å². The van der Waals surface area contributed by atoms with E-state index >= 15 is 0 Å². The highest BCUT2D eigenvalue weighted by Crippen LogP contribution is 2.66. The molecule has 22 rings (SSSR count). The Balaban J connectivity index is 0.617. The van der Waals surface area contributed by atoms with Crippen molar-refractivity contribution in [2.45, 2.75) is 50.0 Å². The molecule has 2 spiro atoms. The number of allylic oxidation sites excluding steroid dienone is 8. The van der Waals surface area contributed by atoms with Gasteiger partial charge in [-0.05, 0) is 172 Å². The summed E-state index contributed by atoms with van der Waals surface area (Å²) < 4.78 is 14.1. The van der Waals surface area contributed by atoms with E-state index in [1.165, 1.54) is 77.6 Å². The van der Waals surface area contributed by atoms with Crippen LogP contribution in [0.4, 0.5) is 0 Å². The number of fused-ring (bicyclic) bond motifs is 18. The lowest BCUT2D eigenvalue weighted by Crippen LogP contribution is -2.34. The molecule has 6 atom stereocenters. The van der Waals surface area contributed by atoms with Gasteiger partial charge in [-0.15, -0.1) is 0 Å². The van der Waals surface area contributed by atoms with Gasteiger partial charge in [-0.2, -0.15) is 0 Å². The van der Waals surface area contributed by atoms with Crippen LogP contribution in [-0.2, 0) is 10.8 Å². The number of hydrogen-bond donors (Lipinski definition) is 0. The van der Waals surface area contributed by atoms with Gasteiger partial charge in [0.15, 0.2) is 11.7 Å². The van der Waals surface area contributed by atoms with Crippen molar-refractivity contribution in [1.82, 2.24) is 9.97 Å². The topological polar surface area (TPSA) is 69.0 Å². The van der Waals surface area contributed by atoms with Crippen LogP contribution >= 0.6 is 0 Å². The van der Waals surface area contributed by atoms with Crippen LogP contribution in [0.15, 0.2) is 380 Å². The summed E-state index contributed by atoms with van der Waals surface area (Å²) in [6, 6.07) is 121. The van der Waals surface area contributed by atoms with Crippen LogP contribution in [-0.4, -0.2) is 21.5 Å². The Labute approximate surface area is 658 Å². The van der Waals surface area contributed by atoms with Crippen molar-refractivity contribution in [3.8, 4) is 90.3 Å². The van der Waals surface area contributed by atoms with Gasteiger partial charge in [0.25, 0.3) is 0 Å². The molecular weight excluding hydrogens is 1370 g/mol. The number of hydrogen-bond acceptors (Lipinski definition) is 6. The minimum absolute atomic E-state index is 0.0458. The van der Waals surface area contributed by atoms with E-state index in [0.29, 0.717) is 11.7 Å². The molecule has 0 saturated carbocycles. The zero-order chi connectivity index (χ0) is 75.0. The van der Waals surface area contributed by atoms with Crippen LogP contribution in [0.1, 0.15) is 111 Å². The summed E-state index contributed by atoms with van der Waals surface area (Å²) in [6.45, 7) is 7.10. The average molecular weight is 1450 g/mol. The lowest BCUT2D eigenvalue weighted by Gasteiger charge is -2.42. The van der Waals surface area contributed by atoms with E-state index < -0.39 is 10.8 Å². The van der Waals surface area contributed by atoms with E-state index in [1.54, 1.807) is 0 Å². The van der Waals surface area contributed by atoms with Gasteiger partial charge in [-0.25, -0.2) is 15.0 Å². The standard InChI is InChI=1S/C107H76N4O2/c1-65-48-57-86-92(60-65)107(90-44-21-23-47-98(90)113-100-59-56-75(63-94(100)107)80-33-13-15-37-85(80)103-67(3)102(110-105(111-103)72-29-8-5-9-30-72)76-54-49-68-26-10-11-31-73(68)61-76)91-45-25-40-84(101(86)91)78-39-24-38-77(66(78)2)69-50-52-70(53-51-69)95-64-96(109-104(108-95)71-27-6-4-7-28-71)83-36-14-12-32-79(83)74-55-58-99-93(62-74)106(89-43-20-22-46-97(89)112-99)87-41-18-16-34-81(87)82-35-17-19-42-88(82)106/h4-59,61-67,78,103H,60H2,1-3H3. The number of amidine groups is 1. The lowest BCUT2D eigenvalue weighted by atomic mass is 9.63. The molecule has 1 aromatic heterocycles. The van der Waals surface area contributed by atoms with E-state index in [0.717, 1.165) is 125 Å². The van der Waals surface area contributed by atoms with E-state index in [9.17, 15) is 0 Å². The number of para-hydroxylation sites is 2. The second-order valence-corrected chi connectivity index (χ2v) is 31.4. The molecule has 15 aromatic rings. The maximum Gasteiger partial charge on any atom is 0.160 e. The highest BCUT2D eigenvalue weighted by Gasteiger charge is 2.55. The molecule has 6 nitrogen and oxygen atoms in total. The Morgan fingerprint density at radius 2 is 0.885 bits per heavy atom. The molecule has 4 heterocycles. The molecule has 4 aliphatic carbocycles. The van der Waals surface area contributed by atoms with Crippen molar-refractivity contribution in [3.63, 3.8) is 0 Å². The van der Waals surface area contributed by atoms with Crippen LogP contribution in [0.2, 0.25) is 0 Å². The molecular formula is C107H76N4O2. The third kappa shape index (κ3) is 10.3. The second-order valence-electron chi connectivity index (χ2n) is 31.4. The maximum absolute atomic E-state index is 7.18. The largest absolute Gasteiger partial charge is 0.457 e. The highest BCUT2D eigenvalue weighted by atomic mass is 16.5. The highest BCUT2D eigenvalue weighted by molar-refractivity contribution is 6.16. The number of rotatable bonds is 10. The Morgan fingerprint density at radius 1 is 0.354 bits per heavy atom. The average Bonchev–Trinajstić information content (AvgIpc) is 1.54. The number of aliphatic imine (C=N–C) groups is 2. The molecule has 3 aliphatic heterocycles. The van der Waals surface area contributed by atoms with Gasteiger partial charge in [0.2, 0.25) is 0 Å². The smallest absolute Gasteiger partial charge is 0.160 e. The molecule has 6 unspecified atom stereocenters. The van der Waals surface area contributed by atoms with Crippen molar-refractivity contribution >= 4 is 33.5 Å². The first-order valence-electron chi connectivity index (χ1n) is 39.7. The number of benzene rings is 14. The quantitative estimate of drug-likeness (QED) is 0.137. The molecule has 0 amide bonds. The molecule has 0 fully saturated rings.